The van der Waals surface area contributed by atoms with Crippen molar-refractivity contribution < 1.29 is 28.6 Å². The minimum absolute atomic E-state index is 0.0677. The van der Waals surface area contributed by atoms with Crippen molar-refractivity contribution in [3.05, 3.63) is 29.6 Å². The first-order valence-electron chi connectivity index (χ1n) is 13.7. The molecule has 2 aliphatic heterocycles. The van der Waals surface area contributed by atoms with E-state index in [9.17, 15) is 14.0 Å². The lowest BCUT2D eigenvalue weighted by molar-refractivity contribution is -0.134. The van der Waals surface area contributed by atoms with Gasteiger partial charge in [0.2, 0.25) is 0 Å². The van der Waals surface area contributed by atoms with E-state index in [4.69, 9.17) is 15.6 Å². The van der Waals surface area contributed by atoms with Crippen molar-refractivity contribution in [1.29, 1.82) is 0 Å². The van der Waals surface area contributed by atoms with Crippen molar-refractivity contribution in [3.8, 4) is 5.75 Å². The Bertz CT molecular complexity index is 925. The molecule has 1 aromatic rings. The SMILES string of the molecule is CC1(OC=O)CC1.CN1CC(C)(O)C1.CN1CCC(C2CC2(N)CCOc2ccc(CC=O)c(F)c2)CC1. The standard InChI is InChI=1S/C19H27FN2O2.C5H11NO.C5H8O2/c1-22-8-4-14(5-9-22)17-13-19(17,21)7-11-24-16-3-2-15(6-10-23)18(20)12-16;1-5(7)3-6(2)4-5;1-5(2-3-5)7-4-6/h2-3,10,12,14,17H,4-9,11,13,21H2,1H3;7H,3-4H2,1-2H3;4H,2-3H2,1H3. The predicted octanol–water partition coefficient (Wildman–Crippen LogP) is 2.79. The Balaban J connectivity index is 0.000000231. The van der Waals surface area contributed by atoms with Gasteiger partial charge in [0.25, 0.3) is 6.47 Å². The van der Waals surface area contributed by atoms with Crippen LogP contribution in [0.15, 0.2) is 18.2 Å². The average Bonchev–Trinajstić information content (AvgIpc) is 3.73. The lowest BCUT2D eigenvalue weighted by atomic mass is 9.89. The van der Waals surface area contributed by atoms with Gasteiger partial charge in [-0.15, -0.1) is 0 Å². The van der Waals surface area contributed by atoms with Crippen molar-refractivity contribution in [3.63, 3.8) is 0 Å². The summed E-state index contributed by atoms with van der Waals surface area (Å²) in [4.78, 5) is 24.6. The number of carbonyl (C=O) groups is 2. The lowest BCUT2D eigenvalue weighted by Gasteiger charge is -2.41. The van der Waals surface area contributed by atoms with Crippen molar-refractivity contribution in [1.82, 2.24) is 9.80 Å². The summed E-state index contributed by atoms with van der Waals surface area (Å²) in [6, 6.07) is 4.67. The van der Waals surface area contributed by atoms with Gasteiger partial charge in [0.1, 0.15) is 23.5 Å². The number of carbonyl (C=O) groups excluding carboxylic acids is 2. The van der Waals surface area contributed by atoms with E-state index in [1.807, 2.05) is 20.9 Å². The Morgan fingerprint density at radius 1 is 1.13 bits per heavy atom. The number of halogens is 1. The Hall–Kier alpha value is -2.07. The van der Waals surface area contributed by atoms with Gasteiger partial charge in [-0.3, -0.25) is 4.79 Å². The minimum atomic E-state index is -0.391. The summed E-state index contributed by atoms with van der Waals surface area (Å²) >= 11 is 0. The van der Waals surface area contributed by atoms with Crippen molar-refractivity contribution in [2.45, 2.75) is 75.5 Å². The third kappa shape index (κ3) is 9.29. The molecule has 0 aromatic heterocycles. The van der Waals surface area contributed by atoms with Crippen LogP contribution in [0.4, 0.5) is 4.39 Å². The number of likely N-dealkylation sites (tertiary alicyclic amines) is 2. The lowest BCUT2D eigenvalue weighted by Crippen LogP contribution is -2.57. The van der Waals surface area contributed by atoms with Crippen molar-refractivity contribution >= 4 is 12.8 Å². The number of likely N-dealkylation sites (N-methyl/N-ethyl adjacent to an activating group) is 1. The van der Waals surface area contributed by atoms with Gasteiger partial charge in [-0.25, -0.2) is 4.39 Å². The summed E-state index contributed by atoms with van der Waals surface area (Å²) in [6.45, 7) is 8.80. The van der Waals surface area contributed by atoms with E-state index in [2.05, 4.69) is 21.6 Å². The molecule has 5 rings (SSSR count). The topological polar surface area (TPSA) is 105 Å². The number of aliphatic hydroxyl groups is 1. The molecule has 0 radical (unpaired) electrons. The molecule has 2 saturated heterocycles. The maximum Gasteiger partial charge on any atom is 0.293 e. The number of nitrogens with two attached hydrogens (primary N) is 1. The van der Waals surface area contributed by atoms with Gasteiger partial charge < -0.3 is 34.9 Å². The van der Waals surface area contributed by atoms with Crippen LogP contribution < -0.4 is 10.5 Å². The number of hydrogen-bond acceptors (Lipinski definition) is 8. The number of nitrogens with zero attached hydrogens (tertiary/aromatic N) is 2. The summed E-state index contributed by atoms with van der Waals surface area (Å²) in [5.41, 5.74) is 6.36. The molecule has 3 N–H and O–H groups in total. The fraction of sp³-hybridized carbons (Fsp3) is 0.724. The van der Waals surface area contributed by atoms with E-state index < -0.39 is 5.82 Å². The van der Waals surface area contributed by atoms with Gasteiger partial charge in [0.05, 0.1) is 12.2 Å². The zero-order valence-electron chi connectivity index (χ0n) is 23.5. The number of piperidine rings is 1. The van der Waals surface area contributed by atoms with Crippen LogP contribution in [0, 0.1) is 17.7 Å². The molecule has 2 heterocycles. The number of hydrogen-bond donors (Lipinski definition) is 2. The molecule has 0 spiro atoms. The molecule has 214 valence electrons. The van der Waals surface area contributed by atoms with E-state index in [0.717, 1.165) is 44.7 Å². The van der Waals surface area contributed by atoms with Crippen LogP contribution in [0.3, 0.4) is 0 Å². The van der Waals surface area contributed by atoms with Crippen LogP contribution in [0.1, 0.15) is 57.9 Å². The van der Waals surface area contributed by atoms with Crippen LogP contribution >= 0.6 is 0 Å². The van der Waals surface area contributed by atoms with E-state index in [1.165, 1.54) is 32.0 Å². The number of β-amino-alcohol motifs (C(OH)–C–C–N with tert-alkyl or cyclic N) is 1. The van der Waals surface area contributed by atoms with Crippen molar-refractivity contribution in [2.75, 3.05) is 46.9 Å². The molecule has 2 aliphatic carbocycles. The first kappa shape index (κ1) is 30.5. The molecule has 38 heavy (non-hydrogen) atoms. The highest BCUT2D eigenvalue weighted by molar-refractivity contribution is 5.55. The largest absolute Gasteiger partial charge is 0.493 e. The van der Waals surface area contributed by atoms with Crippen LogP contribution in [-0.2, 0) is 20.7 Å². The van der Waals surface area contributed by atoms with Gasteiger partial charge in [-0.1, -0.05) is 6.07 Å². The number of aldehydes is 1. The molecule has 2 unspecified atom stereocenters. The quantitative estimate of drug-likeness (QED) is 0.465. The average molecular weight is 536 g/mol. The van der Waals surface area contributed by atoms with Gasteiger partial charge >= 0.3 is 0 Å². The van der Waals surface area contributed by atoms with Gasteiger partial charge in [-0.05, 0) is 103 Å². The second kappa shape index (κ2) is 12.9. The normalized spacial score (nSPS) is 27.4. The third-order valence-corrected chi connectivity index (χ3v) is 8.18. The van der Waals surface area contributed by atoms with Crippen LogP contribution in [0.2, 0.25) is 0 Å². The van der Waals surface area contributed by atoms with Gasteiger partial charge in [0, 0.05) is 31.1 Å². The summed E-state index contributed by atoms with van der Waals surface area (Å²) in [5, 5.41) is 9.04. The maximum absolute atomic E-state index is 13.8. The molecule has 2 atom stereocenters. The summed E-state index contributed by atoms with van der Waals surface area (Å²) < 4.78 is 24.1. The molecule has 2 saturated carbocycles. The Morgan fingerprint density at radius 2 is 1.79 bits per heavy atom. The smallest absolute Gasteiger partial charge is 0.293 e. The predicted molar refractivity (Wildman–Crippen MR) is 144 cm³/mol. The molecule has 0 amide bonds. The minimum Gasteiger partial charge on any atom is -0.493 e. The first-order chi connectivity index (χ1) is 17.9. The molecule has 1 aromatic carbocycles. The summed E-state index contributed by atoms with van der Waals surface area (Å²) in [7, 11) is 4.17. The maximum atomic E-state index is 13.8. The summed E-state index contributed by atoms with van der Waals surface area (Å²) in [5.74, 6) is 1.47. The van der Waals surface area contributed by atoms with Crippen molar-refractivity contribution in [2.24, 2.45) is 17.6 Å². The number of ether oxygens (including phenoxy) is 2. The highest BCUT2D eigenvalue weighted by atomic mass is 19.1. The van der Waals surface area contributed by atoms with Gasteiger partial charge in [0.15, 0.2) is 0 Å². The Morgan fingerprint density at radius 3 is 2.24 bits per heavy atom. The van der Waals surface area contributed by atoms with E-state index in [-0.39, 0.29) is 23.2 Å². The number of benzene rings is 1. The highest BCUT2D eigenvalue weighted by Gasteiger charge is 2.54. The molecular formula is C29H46FN3O5. The first-order valence-corrected chi connectivity index (χ1v) is 13.7. The highest BCUT2D eigenvalue weighted by Crippen LogP contribution is 2.51. The van der Waals surface area contributed by atoms with E-state index >= 15 is 0 Å². The molecule has 9 heteroatoms. The van der Waals surface area contributed by atoms with Crippen LogP contribution in [0.5, 0.6) is 5.75 Å². The van der Waals surface area contributed by atoms with E-state index in [1.54, 1.807) is 12.1 Å². The number of rotatable bonds is 9. The second-order valence-electron chi connectivity index (χ2n) is 12.2. The fourth-order valence-corrected chi connectivity index (χ4v) is 5.46. The van der Waals surface area contributed by atoms with Crippen LogP contribution in [0.25, 0.3) is 0 Å². The van der Waals surface area contributed by atoms with E-state index in [0.29, 0.717) is 36.6 Å². The Labute approximate surface area is 226 Å². The molecular weight excluding hydrogens is 489 g/mol. The van der Waals surface area contributed by atoms with Crippen LogP contribution in [-0.4, -0.2) is 91.3 Å². The molecule has 4 fully saturated rings. The second-order valence-corrected chi connectivity index (χ2v) is 12.2. The molecule has 8 nitrogen and oxygen atoms in total. The zero-order chi connectivity index (χ0) is 28.0. The van der Waals surface area contributed by atoms with Gasteiger partial charge in [-0.2, -0.15) is 0 Å². The fourth-order valence-electron chi connectivity index (χ4n) is 5.46. The summed E-state index contributed by atoms with van der Waals surface area (Å²) in [6.07, 6.45) is 7.23. The molecule has 0 bridgehead atoms. The monoisotopic (exact) mass is 535 g/mol. The molecule has 4 aliphatic rings. The Kier molecular flexibility index (Phi) is 10.3. The third-order valence-electron chi connectivity index (χ3n) is 8.18. The zero-order valence-corrected chi connectivity index (χ0v) is 23.5.